The van der Waals surface area contributed by atoms with Crippen molar-refractivity contribution in [3.8, 4) is 18.1 Å². The molecule has 2 amide bonds. The van der Waals surface area contributed by atoms with Gasteiger partial charge >= 0.3 is 12.0 Å². The summed E-state index contributed by atoms with van der Waals surface area (Å²) in [7, 11) is 0. The number of benzene rings is 1. The number of nitrogens with zero attached hydrogens (tertiary/aromatic N) is 1. The molecule has 0 saturated heterocycles. The summed E-state index contributed by atoms with van der Waals surface area (Å²) < 4.78 is 5.47. The fraction of sp³-hybridized carbons (Fsp3) is 0.333. The Bertz CT molecular complexity index is 537. The molecule has 1 aromatic rings. The topological polar surface area (TPSA) is 78.9 Å². The van der Waals surface area contributed by atoms with Gasteiger partial charge in [-0.1, -0.05) is 18.1 Å². The van der Waals surface area contributed by atoms with E-state index in [2.05, 4.69) is 11.2 Å². The monoisotopic (exact) mass is 290 g/mol. The first-order valence-electron chi connectivity index (χ1n) is 6.40. The largest absolute Gasteiger partial charge is 0.492 e. The quantitative estimate of drug-likeness (QED) is 0.582. The molecule has 6 heteroatoms. The van der Waals surface area contributed by atoms with E-state index in [1.54, 1.807) is 0 Å². The fourth-order valence-electron chi connectivity index (χ4n) is 1.62. The minimum Gasteiger partial charge on any atom is -0.492 e. The zero-order chi connectivity index (χ0) is 15.7. The van der Waals surface area contributed by atoms with Gasteiger partial charge < -0.3 is 20.1 Å². The van der Waals surface area contributed by atoms with E-state index in [1.165, 1.54) is 0 Å². The van der Waals surface area contributed by atoms with Crippen LogP contribution in [0.5, 0.6) is 5.75 Å². The number of carboxylic acid groups (broad SMARTS) is 1. The van der Waals surface area contributed by atoms with Crippen LogP contribution in [0, 0.1) is 19.3 Å². The van der Waals surface area contributed by atoms with Gasteiger partial charge in [0.15, 0.2) is 0 Å². The summed E-state index contributed by atoms with van der Waals surface area (Å²) in [4.78, 5) is 23.4. The van der Waals surface area contributed by atoms with Crippen LogP contribution in [-0.4, -0.2) is 48.2 Å². The van der Waals surface area contributed by atoms with E-state index in [4.69, 9.17) is 16.3 Å². The summed E-state index contributed by atoms with van der Waals surface area (Å²) in [5.41, 5.74) is 1.08. The molecule has 2 N–H and O–H groups in total. The number of ether oxygens (including phenoxy) is 1. The smallest absolute Gasteiger partial charge is 0.323 e. The second-order valence-corrected chi connectivity index (χ2v) is 4.35. The summed E-state index contributed by atoms with van der Waals surface area (Å²) in [6.07, 6.45) is 5.10. The van der Waals surface area contributed by atoms with Crippen molar-refractivity contribution in [2.45, 2.75) is 6.92 Å². The third kappa shape index (κ3) is 6.34. The summed E-state index contributed by atoms with van der Waals surface area (Å²) in [5.74, 6) is 1.85. The SMILES string of the molecule is C#CCN(CC(=O)O)C(=O)NCCOc1cccc(C)c1. The second kappa shape index (κ2) is 8.48. The van der Waals surface area contributed by atoms with E-state index in [1.807, 2.05) is 31.2 Å². The van der Waals surface area contributed by atoms with Crippen LogP contribution in [0.2, 0.25) is 0 Å². The van der Waals surface area contributed by atoms with Crippen molar-refractivity contribution in [3.05, 3.63) is 29.8 Å². The van der Waals surface area contributed by atoms with Crippen molar-refractivity contribution >= 4 is 12.0 Å². The van der Waals surface area contributed by atoms with E-state index < -0.39 is 18.5 Å². The Balaban J connectivity index is 2.35. The van der Waals surface area contributed by atoms with Crippen LogP contribution in [0.1, 0.15) is 5.56 Å². The minimum absolute atomic E-state index is 0.0587. The highest BCUT2D eigenvalue weighted by Crippen LogP contribution is 2.11. The Labute approximate surface area is 123 Å². The molecule has 0 radical (unpaired) electrons. The van der Waals surface area contributed by atoms with Crippen molar-refractivity contribution in [2.75, 3.05) is 26.2 Å². The maximum Gasteiger partial charge on any atom is 0.323 e. The van der Waals surface area contributed by atoms with E-state index in [0.29, 0.717) is 0 Å². The van der Waals surface area contributed by atoms with Gasteiger partial charge in [-0.05, 0) is 24.6 Å². The molecule has 0 heterocycles. The molecule has 1 rings (SSSR count). The predicted octanol–water partition coefficient (Wildman–Crippen LogP) is 1.10. The lowest BCUT2D eigenvalue weighted by Gasteiger charge is -2.18. The molecule has 0 aliphatic heterocycles. The normalized spacial score (nSPS) is 9.52. The lowest BCUT2D eigenvalue weighted by molar-refractivity contribution is -0.137. The molecule has 0 spiro atoms. The Hall–Kier alpha value is -2.68. The molecule has 0 bridgehead atoms. The number of terminal acetylenes is 1. The Morgan fingerprint density at radius 3 is 2.86 bits per heavy atom. The Morgan fingerprint density at radius 1 is 1.48 bits per heavy atom. The zero-order valence-electron chi connectivity index (χ0n) is 11.8. The molecule has 0 atom stereocenters. The lowest BCUT2D eigenvalue weighted by atomic mass is 10.2. The third-order valence-corrected chi connectivity index (χ3v) is 2.53. The summed E-state index contributed by atoms with van der Waals surface area (Å²) in [6, 6.07) is 7.02. The van der Waals surface area contributed by atoms with Gasteiger partial charge in [-0.25, -0.2) is 4.79 Å². The van der Waals surface area contributed by atoms with Crippen molar-refractivity contribution < 1.29 is 19.4 Å². The van der Waals surface area contributed by atoms with Gasteiger partial charge in [0.2, 0.25) is 0 Å². The molecule has 21 heavy (non-hydrogen) atoms. The third-order valence-electron chi connectivity index (χ3n) is 2.53. The highest BCUT2D eigenvalue weighted by atomic mass is 16.5. The van der Waals surface area contributed by atoms with Crippen molar-refractivity contribution in [1.29, 1.82) is 0 Å². The average Bonchev–Trinajstić information content (AvgIpc) is 2.42. The van der Waals surface area contributed by atoms with Crippen LogP contribution >= 0.6 is 0 Å². The number of rotatable bonds is 7. The molecular formula is C15H18N2O4. The number of carbonyl (C=O) groups excluding carboxylic acids is 1. The molecular weight excluding hydrogens is 272 g/mol. The lowest BCUT2D eigenvalue weighted by Crippen LogP contribution is -2.44. The number of urea groups is 1. The second-order valence-electron chi connectivity index (χ2n) is 4.35. The Kier molecular flexibility index (Phi) is 6.61. The van der Waals surface area contributed by atoms with Crippen LogP contribution in [0.25, 0.3) is 0 Å². The standard InChI is InChI=1S/C15H18N2O4/c1-3-8-17(11-14(18)19)15(20)16-7-9-21-13-6-4-5-12(2)10-13/h1,4-6,10H,7-9,11H2,2H3,(H,16,20)(H,18,19). The van der Waals surface area contributed by atoms with Gasteiger partial charge in [0.1, 0.15) is 18.9 Å². The number of carbonyl (C=O) groups is 2. The first-order chi connectivity index (χ1) is 10.0. The number of carboxylic acids is 1. The fourth-order valence-corrected chi connectivity index (χ4v) is 1.62. The molecule has 6 nitrogen and oxygen atoms in total. The average molecular weight is 290 g/mol. The number of hydrogen-bond donors (Lipinski definition) is 2. The van der Waals surface area contributed by atoms with Gasteiger partial charge in [-0.15, -0.1) is 6.42 Å². The van der Waals surface area contributed by atoms with Crippen molar-refractivity contribution in [3.63, 3.8) is 0 Å². The van der Waals surface area contributed by atoms with Gasteiger partial charge in [0.25, 0.3) is 0 Å². The van der Waals surface area contributed by atoms with E-state index in [9.17, 15) is 9.59 Å². The van der Waals surface area contributed by atoms with Crippen LogP contribution in [-0.2, 0) is 4.79 Å². The first-order valence-corrected chi connectivity index (χ1v) is 6.40. The van der Waals surface area contributed by atoms with Crippen LogP contribution in [0.3, 0.4) is 0 Å². The molecule has 0 aromatic heterocycles. The molecule has 0 fully saturated rings. The van der Waals surface area contributed by atoms with Gasteiger partial charge in [0, 0.05) is 0 Å². The van der Waals surface area contributed by atoms with E-state index in [-0.39, 0.29) is 19.7 Å². The van der Waals surface area contributed by atoms with E-state index >= 15 is 0 Å². The van der Waals surface area contributed by atoms with Gasteiger partial charge in [0.05, 0.1) is 13.1 Å². The first kappa shape index (κ1) is 16.4. The van der Waals surface area contributed by atoms with Crippen molar-refractivity contribution in [2.24, 2.45) is 0 Å². The van der Waals surface area contributed by atoms with Gasteiger partial charge in [-0.3, -0.25) is 4.79 Å². The highest BCUT2D eigenvalue weighted by Gasteiger charge is 2.14. The van der Waals surface area contributed by atoms with Crippen molar-refractivity contribution in [1.82, 2.24) is 10.2 Å². The number of nitrogens with one attached hydrogen (secondary N) is 1. The highest BCUT2D eigenvalue weighted by molar-refractivity contribution is 5.80. The number of aryl methyl sites for hydroxylation is 1. The number of amides is 2. The zero-order valence-corrected chi connectivity index (χ0v) is 11.8. The summed E-state index contributed by atoms with van der Waals surface area (Å²) in [6.45, 7) is 2.00. The molecule has 112 valence electrons. The minimum atomic E-state index is -1.11. The molecule has 0 aliphatic rings. The molecule has 0 saturated carbocycles. The molecule has 0 aliphatic carbocycles. The van der Waals surface area contributed by atoms with Crippen LogP contribution in [0.4, 0.5) is 4.79 Å². The molecule has 1 aromatic carbocycles. The maximum absolute atomic E-state index is 11.7. The van der Waals surface area contributed by atoms with Crippen LogP contribution < -0.4 is 10.1 Å². The van der Waals surface area contributed by atoms with E-state index in [0.717, 1.165) is 16.2 Å². The predicted molar refractivity (Wildman–Crippen MR) is 78.1 cm³/mol. The Morgan fingerprint density at radius 2 is 2.24 bits per heavy atom. The van der Waals surface area contributed by atoms with Crippen LogP contribution in [0.15, 0.2) is 24.3 Å². The summed E-state index contributed by atoms with van der Waals surface area (Å²) >= 11 is 0. The van der Waals surface area contributed by atoms with Gasteiger partial charge in [-0.2, -0.15) is 0 Å². The molecule has 0 unspecified atom stereocenters. The summed E-state index contributed by atoms with van der Waals surface area (Å²) in [5, 5.41) is 11.3. The maximum atomic E-state index is 11.7. The number of hydrogen-bond acceptors (Lipinski definition) is 3. The number of aliphatic carboxylic acids is 1.